The molecular formula is C16H22N4. The largest absolute Gasteiger partial charge is 0.399 e. The molecule has 1 unspecified atom stereocenters. The van der Waals surface area contributed by atoms with E-state index in [-0.39, 0.29) is 0 Å². The van der Waals surface area contributed by atoms with Crippen LogP contribution >= 0.6 is 0 Å². The lowest BCUT2D eigenvalue weighted by atomic mass is 9.97. The number of hydrogen-bond acceptors (Lipinski definition) is 3. The van der Waals surface area contributed by atoms with Gasteiger partial charge in [0, 0.05) is 25.1 Å². The van der Waals surface area contributed by atoms with Crippen molar-refractivity contribution in [2.45, 2.75) is 51.5 Å². The molecule has 1 aliphatic heterocycles. The summed E-state index contributed by atoms with van der Waals surface area (Å²) < 4.78 is 2.33. The number of aryl methyl sites for hydroxylation is 1. The SMILES string of the molecule is CC(Cc1nnc2n1CCCCC2)c1ccc(N)cc1. The molecule has 106 valence electrons. The van der Waals surface area contributed by atoms with Crippen LogP contribution in [0.1, 0.15) is 49.3 Å². The Balaban J connectivity index is 1.77. The van der Waals surface area contributed by atoms with Crippen LogP contribution in [-0.4, -0.2) is 14.8 Å². The molecule has 0 saturated heterocycles. The zero-order valence-corrected chi connectivity index (χ0v) is 12.0. The van der Waals surface area contributed by atoms with Crippen LogP contribution in [0.3, 0.4) is 0 Å². The van der Waals surface area contributed by atoms with Gasteiger partial charge in [-0.2, -0.15) is 0 Å². The molecule has 2 N–H and O–H groups in total. The minimum Gasteiger partial charge on any atom is -0.399 e. The Hall–Kier alpha value is -1.84. The van der Waals surface area contributed by atoms with E-state index in [0.717, 1.165) is 30.9 Å². The van der Waals surface area contributed by atoms with Gasteiger partial charge in [0.25, 0.3) is 0 Å². The first-order valence-electron chi connectivity index (χ1n) is 7.50. The number of nitrogens with two attached hydrogens (primary N) is 1. The molecule has 0 spiro atoms. The van der Waals surface area contributed by atoms with Crippen LogP contribution < -0.4 is 5.73 Å². The molecule has 0 fully saturated rings. The zero-order chi connectivity index (χ0) is 13.9. The monoisotopic (exact) mass is 270 g/mol. The second-order valence-electron chi connectivity index (χ2n) is 5.77. The van der Waals surface area contributed by atoms with Crippen LogP contribution in [0.2, 0.25) is 0 Å². The molecule has 3 rings (SSSR count). The molecule has 4 nitrogen and oxygen atoms in total. The molecule has 2 aromatic rings. The fourth-order valence-electron chi connectivity index (χ4n) is 2.91. The summed E-state index contributed by atoms with van der Waals surface area (Å²) in [6, 6.07) is 8.16. The number of nitrogen functional groups attached to an aromatic ring is 1. The molecule has 1 aromatic heterocycles. The van der Waals surface area contributed by atoms with E-state index in [2.05, 4.69) is 33.8 Å². The van der Waals surface area contributed by atoms with Crippen molar-refractivity contribution >= 4 is 5.69 Å². The maximum atomic E-state index is 5.74. The molecule has 0 bridgehead atoms. The minimum atomic E-state index is 0.437. The second-order valence-corrected chi connectivity index (χ2v) is 5.77. The van der Waals surface area contributed by atoms with Crippen molar-refractivity contribution in [2.24, 2.45) is 0 Å². The molecule has 0 aliphatic carbocycles. The van der Waals surface area contributed by atoms with Crippen LogP contribution in [-0.2, 0) is 19.4 Å². The van der Waals surface area contributed by atoms with E-state index in [1.54, 1.807) is 0 Å². The lowest BCUT2D eigenvalue weighted by Crippen LogP contribution is -2.09. The van der Waals surface area contributed by atoms with Crippen molar-refractivity contribution in [3.05, 3.63) is 41.5 Å². The predicted molar refractivity (Wildman–Crippen MR) is 80.6 cm³/mol. The highest BCUT2D eigenvalue weighted by atomic mass is 15.3. The smallest absolute Gasteiger partial charge is 0.133 e. The van der Waals surface area contributed by atoms with E-state index in [9.17, 15) is 0 Å². The average Bonchev–Trinajstić information content (AvgIpc) is 2.69. The zero-order valence-electron chi connectivity index (χ0n) is 12.0. The summed E-state index contributed by atoms with van der Waals surface area (Å²) in [5, 5.41) is 8.78. The maximum absolute atomic E-state index is 5.74. The van der Waals surface area contributed by atoms with Gasteiger partial charge in [-0.1, -0.05) is 25.5 Å². The lowest BCUT2D eigenvalue weighted by molar-refractivity contribution is 0.586. The van der Waals surface area contributed by atoms with E-state index in [1.165, 1.54) is 30.7 Å². The van der Waals surface area contributed by atoms with Gasteiger partial charge in [-0.05, 0) is 36.5 Å². The Kier molecular flexibility index (Phi) is 3.72. The van der Waals surface area contributed by atoms with Gasteiger partial charge in [0.1, 0.15) is 11.6 Å². The topological polar surface area (TPSA) is 56.7 Å². The molecule has 1 aliphatic rings. The number of aromatic nitrogens is 3. The van der Waals surface area contributed by atoms with Gasteiger partial charge in [0.05, 0.1) is 0 Å². The summed E-state index contributed by atoms with van der Waals surface area (Å²) in [5.41, 5.74) is 7.87. The lowest BCUT2D eigenvalue weighted by Gasteiger charge is -2.13. The third kappa shape index (κ3) is 2.69. The number of benzene rings is 1. The molecule has 4 heteroatoms. The Labute approximate surface area is 120 Å². The van der Waals surface area contributed by atoms with Crippen LogP contribution in [0.15, 0.2) is 24.3 Å². The Morgan fingerprint density at radius 3 is 2.75 bits per heavy atom. The van der Waals surface area contributed by atoms with Crippen LogP contribution in [0.5, 0.6) is 0 Å². The van der Waals surface area contributed by atoms with Gasteiger partial charge in [-0.25, -0.2) is 0 Å². The number of anilines is 1. The van der Waals surface area contributed by atoms with Crippen molar-refractivity contribution in [3.8, 4) is 0 Å². The summed E-state index contributed by atoms with van der Waals surface area (Å²) in [5.74, 6) is 2.74. The third-order valence-corrected chi connectivity index (χ3v) is 4.18. The fourth-order valence-corrected chi connectivity index (χ4v) is 2.91. The second kappa shape index (κ2) is 5.65. The van der Waals surface area contributed by atoms with Crippen LogP contribution in [0.4, 0.5) is 5.69 Å². The van der Waals surface area contributed by atoms with Crippen LogP contribution in [0, 0.1) is 0 Å². The Bertz CT molecular complexity index is 571. The first-order valence-corrected chi connectivity index (χ1v) is 7.50. The van der Waals surface area contributed by atoms with Gasteiger partial charge < -0.3 is 10.3 Å². The number of rotatable bonds is 3. The third-order valence-electron chi connectivity index (χ3n) is 4.18. The quantitative estimate of drug-likeness (QED) is 0.872. The summed E-state index contributed by atoms with van der Waals surface area (Å²) in [6.07, 6.45) is 5.80. The average molecular weight is 270 g/mol. The van der Waals surface area contributed by atoms with Gasteiger partial charge in [0.2, 0.25) is 0 Å². The first-order chi connectivity index (χ1) is 9.74. The highest BCUT2D eigenvalue weighted by Gasteiger charge is 2.17. The summed E-state index contributed by atoms with van der Waals surface area (Å²) in [7, 11) is 0. The predicted octanol–water partition coefficient (Wildman–Crippen LogP) is 2.93. The van der Waals surface area contributed by atoms with Crippen LogP contribution in [0.25, 0.3) is 0 Å². The normalized spacial score (nSPS) is 16.4. The van der Waals surface area contributed by atoms with Crippen molar-refractivity contribution in [1.29, 1.82) is 0 Å². The van der Waals surface area contributed by atoms with Crippen molar-refractivity contribution in [2.75, 3.05) is 5.73 Å². The fraction of sp³-hybridized carbons (Fsp3) is 0.500. The number of hydrogen-bond donors (Lipinski definition) is 1. The molecule has 1 atom stereocenters. The molecule has 0 amide bonds. The van der Waals surface area contributed by atoms with E-state index < -0.39 is 0 Å². The maximum Gasteiger partial charge on any atom is 0.133 e. The van der Waals surface area contributed by atoms with Gasteiger partial charge in [-0.15, -0.1) is 10.2 Å². The van der Waals surface area contributed by atoms with Gasteiger partial charge in [0.15, 0.2) is 0 Å². The summed E-state index contributed by atoms with van der Waals surface area (Å²) in [6.45, 7) is 3.32. The van der Waals surface area contributed by atoms with Crippen molar-refractivity contribution in [1.82, 2.24) is 14.8 Å². The van der Waals surface area contributed by atoms with Gasteiger partial charge in [-0.3, -0.25) is 0 Å². The molecular weight excluding hydrogens is 248 g/mol. The van der Waals surface area contributed by atoms with E-state index >= 15 is 0 Å². The Morgan fingerprint density at radius 1 is 1.15 bits per heavy atom. The number of nitrogens with zero attached hydrogens (tertiary/aromatic N) is 3. The van der Waals surface area contributed by atoms with Gasteiger partial charge >= 0.3 is 0 Å². The van der Waals surface area contributed by atoms with E-state index in [4.69, 9.17) is 5.73 Å². The van der Waals surface area contributed by atoms with Crippen molar-refractivity contribution in [3.63, 3.8) is 0 Å². The first kappa shape index (κ1) is 13.2. The molecule has 0 radical (unpaired) electrons. The summed E-state index contributed by atoms with van der Waals surface area (Å²) in [4.78, 5) is 0. The minimum absolute atomic E-state index is 0.437. The highest BCUT2D eigenvalue weighted by molar-refractivity contribution is 5.40. The molecule has 2 heterocycles. The standard InChI is InChI=1S/C16H22N4/c1-12(13-6-8-14(17)9-7-13)11-16-19-18-15-5-3-2-4-10-20(15)16/h6-9,12H,2-5,10-11,17H2,1H3. The summed E-state index contributed by atoms with van der Waals surface area (Å²) >= 11 is 0. The Morgan fingerprint density at radius 2 is 1.95 bits per heavy atom. The molecule has 0 saturated carbocycles. The number of fused-ring (bicyclic) bond motifs is 1. The van der Waals surface area contributed by atoms with E-state index in [0.29, 0.717) is 5.92 Å². The van der Waals surface area contributed by atoms with Crippen molar-refractivity contribution < 1.29 is 0 Å². The van der Waals surface area contributed by atoms with E-state index in [1.807, 2.05) is 12.1 Å². The molecule has 20 heavy (non-hydrogen) atoms. The molecule has 1 aromatic carbocycles. The highest BCUT2D eigenvalue weighted by Crippen LogP contribution is 2.22.